The lowest BCUT2D eigenvalue weighted by Crippen LogP contribution is -2.47. The topological polar surface area (TPSA) is 127 Å². The van der Waals surface area contributed by atoms with E-state index < -0.39 is 6.03 Å². The SMILES string of the molecule is C=C.Cc1cc2cc(N=C(N)NC(=O)C3CCN(C(N)=O)CC3)ccc2o1. The quantitative estimate of drug-likeness (QED) is 0.425. The molecule has 5 N–H and O–H groups in total. The number of aliphatic imine (C=N–C) groups is 1. The standard InChI is InChI=1S/C17H21N5O3.C2H4/c1-10-8-12-9-13(2-3-14(12)25-10)20-16(18)21-15(23)11-4-6-22(7-5-11)17(19)24;1-2/h2-3,8-9,11H,4-7H2,1H3,(H2,19,24)(H3,18,20,21,23);1-2H2. The van der Waals surface area contributed by atoms with Crippen LogP contribution in [-0.2, 0) is 4.79 Å². The van der Waals surface area contributed by atoms with Crippen LogP contribution in [0.2, 0.25) is 0 Å². The lowest BCUT2D eigenvalue weighted by Gasteiger charge is -2.29. The Morgan fingerprint density at radius 2 is 1.89 bits per heavy atom. The molecule has 1 aliphatic heterocycles. The summed E-state index contributed by atoms with van der Waals surface area (Å²) in [6, 6.07) is 6.89. The van der Waals surface area contributed by atoms with Gasteiger partial charge in [-0.1, -0.05) is 0 Å². The Morgan fingerprint density at radius 1 is 1.22 bits per heavy atom. The molecule has 8 nitrogen and oxygen atoms in total. The van der Waals surface area contributed by atoms with E-state index in [-0.39, 0.29) is 17.8 Å². The first kappa shape index (κ1) is 20.0. The molecule has 1 aromatic heterocycles. The number of aryl methyl sites for hydroxylation is 1. The third kappa shape index (κ3) is 5.10. The molecule has 144 valence electrons. The van der Waals surface area contributed by atoms with Crippen molar-refractivity contribution in [3.63, 3.8) is 0 Å². The third-order valence-electron chi connectivity index (χ3n) is 4.30. The number of likely N-dealkylation sites (tertiary alicyclic amines) is 1. The van der Waals surface area contributed by atoms with E-state index in [9.17, 15) is 9.59 Å². The number of amides is 3. The first-order valence-electron chi connectivity index (χ1n) is 8.62. The number of hydrogen-bond donors (Lipinski definition) is 3. The highest BCUT2D eigenvalue weighted by Gasteiger charge is 2.26. The molecule has 0 atom stereocenters. The van der Waals surface area contributed by atoms with E-state index in [0.29, 0.717) is 31.6 Å². The van der Waals surface area contributed by atoms with Gasteiger partial charge in [-0.2, -0.15) is 0 Å². The molecular formula is C19H25N5O3. The Labute approximate surface area is 157 Å². The number of carbonyl (C=O) groups is 2. The zero-order valence-corrected chi connectivity index (χ0v) is 15.4. The molecule has 2 heterocycles. The van der Waals surface area contributed by atoms with Crippen LogP contribution >= 0.6 is 0 Å². The molecule has 0 unspecified atom stereocenters. The summed E-state index contributed by atoms with van der Waals surface area (Å²) in [5.74, 6) is 0.468. The zero-order chi connectivity index (χ0) is 20.0. The van der Waals surface area contributed by atoms with Gasteiger partial charge in [-0.05, 0) is 44.0 Å². The predicted molar refractivity (Wildman–Crippen MR) is 106 cm³/mol. The van der Waals surface area contributed by atoms with E-state index in [4.69, 9.17) is 15.9 Å². The molecule has 1 aromatic carbocycles. The average molecular weight is 371 g/mol. The maximum absolute atomic E-state index is 12.3. The predicted octanol–water partition coefficient (Wildman–Crippen LogP) is 2.40. The summed E-state index contributed by atoms with van der Waals surface area (Å²) < 4.78 is 5.51. The highest BCUT2D eigenvalue weighted by atomic mass is 16.3. The minimum absolute atomic E-state index is 0.0434. The van der Waals surface area contributed by atoms with Crippen molar-refractivity contribution in [2.45, 2.75) is 19.8 Å². The highest BCUT2D eigenvalue weighted by molar-refractivity contribution is 5.98. The number of piperidine rings is 1. The normalized spacial score (nSPS) is 15.1. The van der Waals surface area contributed by atoms with Crippen LogP contribution in [0.4, 0.5) is 10.5 Å². The molecule has 0 bridgehead atoms. The Hall–Kier alpha value is -3.29. The van der Waals surface area contributed by atoms with Crippen LogP contribution < -0.4 is 16.8 Å². The summed E-state index contributed by atoms with van der Waals surface area (Å²) in [5.41, 5.74) is 12.5. The fraction of sp³-hybridized carbons (Fsp3) is 0.316. The van der Waals surface area contributed by atoms with Gasteiger partial charge in [0.25, 0.3) is 0 Å². The van der Waals surface area contributed by atoms with Crippen LogP contribution in [0.15, 0.2) is 46.8 Å². The molecule has 3 rings (SSSR count). The number of benzene rings is 1. The second-order valence-electron chi connectivity index (χ2n) is 6.17. The molecular weight excluding hydrogens is 346 g/mol. The van der Waals surface area contributed by atoms with Gasteiger partial charge in [-0.15, -0.1) is 13.2 Å². The van der Waals surface area contributed by atoms with Crippen LogP contribution in [0.25, 0.3) is 11.0 Å². The van der Waals surface area contributed by atoms with Gasteiger partial charge in [0.1, 0.15) is 11.3 Å². The summed E-state index contributed by atoms with van der Waals surface area (Å²) in [7, 11) is 0. The molecule has 2 aromatic rings. The summed E-state index contributed by atoms with van der Waals surface area (Å²) in [4.78, 5) is 29.1. The Morgan fingerprint density at radius 3 is 2.52 bits per heavy atom. The molecule has 0 saturated carbocycles. The van der Waals surface area contributed by atoms with Crippen molar-refractivity contribution in [2.75, 3.05) is 13.1 Å². The monoisotopic (exact) mass is 371 g/mol. The Balaban J connectivity index is 0.00000126. The number of rotatable bonds is 2. The van der Waals surface area contributed by atoms with Crippen molar-refractivity contribution in [3.05, 3.63) is 43.2 Å². The van der Waals surface area contributed by atoms with Crippen molar-refractivity contribution in [3.8, 4) is 0 Å². The third-order valence-corrected chi connectivity index (χ3v) is 4.30. The van der Waals surface area contributed by atoms with Gasteiger partial charge in [-0.25, -0.2) is 9.79 Å². The van der Waals surface area contributed by atoms with Gasteiger partial charge in [0, 0.05) is 24.4 Å². The fourth-order valence-corrected chi connectivity index (χ4v) is 2.99. The number of guanidine groups is 1. The number of primary amides is 1. The van der Waals surface area contributed by atoms with E-state index in [0.717, 1.165) is 16.7 Å². The average Bonchev–Trinajstić information content (AvgIpc) is 3.02. The van der Waals surface area contributed by atoms with Crippen molar-refractivity contribution < 1.29 is 14.0 Å². The van der Waals surface area contributed by atoms with Gasteiger partial charge >= 0.3 is 6.03 Å². The van der Waals surface area contributed by atoms with E-state index in [2.05, 4.69) is 23.5 Å². The number of nitrogens with one attached hydrogen (secondary N) is 1. The molecule has 3 amide bonds. The lowest BCUT2D eigenvalue weighted by molar-refractivity contribution is -0.124. The summed E-state index contributed by atoms with van der Waals surface area (Å²) in [6.07, 6.45) is 1.12. The smallest absolute Gasteiger partial charge is 0.314 e. The van der Waals surface area contributed by atoms with Crippen molar-refractivity contribution in [2.24, 2.45) is 22.4 Å². The van der Waals surface area contributed by atoms with E-state index in [1.807, 2.05) is 25.1 Å². The number of fused-ring (bicyclic) bond motifs is 1. The van der Waals surface area contributed by atoms with Gasteiger partial charge in [0.2, 0.25) is 11.9 Å². The van der Waals surface area contributed by atoms with Gasteiger partial charge in [0.05, 0.1) is 5.69 Å². The van der Waals surface area contributed by atoms with Gasteiger partial charge < -0.3 is 20.8 Å². The van der Waals surface area contributed by atoms with Crippen molar-refractivity contribution in [1.29, 1.82) is 0 Å². The molecule has 8 heteroatoms. The van der Waals surface area contributed by atoms with Crippen LogP contribution in [0, 0.1) is 12.8 Å². The first-order chi connectivity index (χ1) is 12.9. The van der Waals surface area contributed by atoms with Crippen molar-refractivity contribution in [1.82, 2.24) is 10.2 Å². The number of carbonyl (C=O) groups excluding carboxylic acids is 2. The molecule has 0 spiro atoms. The van der Waals surface area contributed by atoms with E-state index >= 15 is 0 Å². The van der Waals surface area contributed by atoms with Gasteiger partial charge in [-0.3, -0.25) is 10.1 Å². The summed E-state index contributed by atoms with van der Waals surface area (Å²) in [5, 5.41) is 3.55. The summed E-state index contributed by atoms with van der Waals surface area (Å²) >= 11 is 0. The van der Waals surface area contributed by atoms with E-state index in [1.165, 1.54) is 4.90 Å². The van der Waals surface area contributed by atoms with Crippen LogP contribution in [0.5, 0.6) is 0 Å². The van der Waals surface area contributed by atoms with Crippen LogP contribution in [0.1, 0.15) is 18.6 Å². The number of urea groups is 1. The fourth-order valence-electron chi connectivity index (χ4n) is 2.99. The maximum atomic E-state index is 12.3. The van der Waals surface area contributed by atoms with E-state index in [1.54, 1.807) is 6.07 Å². The number of nitrogens with zero attached hydrogens (tertiary/aromatic N) is 2. The molecule has 1 aliphatic rings. The van der Waals surface area contributed by atoms with Crippen LogP contribution in [0.3, 0.4) is 0 Å². The first-order valence-corrected chi connectivity index (χ1v) is 8.62. The molecule has 0 radical (unpaired) electrons. The second kappa shape index (κ2) is 8.88. The molecule has 0 aliphatic carbocycles. The lowest BCUT2D eigenvalue weighted by atomic mass is 9.96. The largest absolute Gasteiger partial charge is 0.461 e. The highest BCUT2D eigenvalue weighted by Crippen LogP contribution is 2.24. The zero-order valence-electron chi connectivity index (χ0n) is 15.4. The van der Waals surface area contributed by atoms with Gasteiger partial charge in [0.15, 0.2) is 0 Å². The molecule has 1 saturated heterocycles. The number of hydrogen-bond acceptors (Lipinski definition) is 4. The number of nitrogens with two attached hydrogens (primary N) is 2. The minimum Gasteiger partial charge on any atom is -0.461 e. The molecule has 1 fully saturated rings. The Kier molecular flexibility index (Phi) is 6.59. The molecule has 27 heavy (non-hydrogen) atoms. The Bertz CT molecular complexity index is 850. The number of furan rings is 1. The maximum Gasteiger partial charge on any atom is 0.314 e. The summed E-state index contributed by atoms with van der Waals surface area (Å²) in [6.45, 7) is 8.82. The van der Waals surface area contributed by atoms with Crippen molar-refractivity contribution >= 4 is 34.6 Å². The minimum atomic E-state index is -0.454. The van der Waals surface area contributed by atoms with Crippen LogP contribution in [-0.4, -0.2) is 35.9 Å². The second-order valence-corrected chi connectivity index (χ2v) is 6.17.